The van der Waals surface area contributed by atoms with Crippen molar-refractivity contribution < 1.29 is 9.90 Å². The predicted octanol–water partition coefficient (Wildman–Crippen LogP) is 6.46. The first-order valence-corrected chi connectivity index (χ1v) is 8.98. The second-order valence-electron chi connectivity index (χ2n) is 6.03. The zero-order valence-electron chi connectivity index (χ0n) is 14.9. The van der Waals surface area contributed by atoms with Crippen molar-refractivity contribution in [1.29, 1.82) is 0 Å². The number of carbonyl (C=O) groups is 1. The zero-order chi connectivity index (χ0) is 17.2. The van der Waals surface area contributed by atoms with Crippen molar-refractivity contribution in [2.45, 2.75) is 71.6 Å². The minimum Gasteiger partial charge on any atom is -0.481 e. The van der Waals surface area contributed by atoms with Crippen LogP contribution in [-0.2, 0) is 4.79 Å². The zero-order valence-corrected chi connectivity index (χ0v) is 14.9. The quantitative estimate of drug-likeness (QED) is 0.294. The van der Waals surface area contributed by atoms with Crippen LogP contribution in [0.4, 0.5) is 0 Å². The molecule has 130 valence electrons. The number of aliphatic carboxylic acids is 1. The van der Waals surface area contributed by atoms with Gasteiger partial charge in [-0.05, 0) is 44.4 Å². The maximum Gasteiger partial charge on any atom is 0.303 e. The van der Waals surface area contributed by atoms with Crippen LogP contribution < -0.4 is 0 Å². The SMILES string of the molecule is CCCCCC=CCC=CCC=CCC=CCC(C)CC(=O)O. The molecule has 1 unspecified atom stereocenters. The number of hydrogen-bond acceptors (Lipinski definition) is 1. The summed E-state index contributed by atoms with van der Waals surface area (Å²) in [6.45, 7) is 4.20. The first-order valence-electron chi connectivity index (χ1n) is 8.98. The van der Waals surface area contributed by atoms with E-state index in [1.807, 2.05) is 6.92 Å². The molecule has 0 saturated carbocycles. The van der Waals surface area contributed by atoms with Gasteiger partial charge in [0.2, 0.25) is 0 Å². The summed E-state index contributed by atoms with van der Waals surface area (Å²) in [6.07, 6.45) is 26.6. The van der Waals surface area contributed by atoms with Crippen LogP contribution in [0.25, 0.3) is 0 Å². The molecule has 23 heavy (non-hydrogen) atoms. The van der Waals surface area contributed by atoms with Crippen LogP contribution in [-0.4, -0.2) is 11.1 Å². The molecule has 0 bridgehead atoms. The van der Waals surface area contributed by atoms with Gasteiger partial charge in [0.1, 0.15) is 0 Å². The van der Waals surface area contributed by atoms with Gasteiger partial charge in [-0.15, -0.1) is 0 Å². The third-order valence-electron chi connectivity index (χ3n) is 3.52. The van der Waals surface area contributed by atoms with Crippen molar-refractivity contribution in [2.24, 2.45) is 5.92 Å². The van der Waals surface area contributed by atoms with E-state index in [-0.39, 0.29) is 12.3 Å². The summed E-state index contributed by atoms with van der Waals surface area (Å²) in [5.74, 6) is -0.501. The Morgan fingerprint density at radius 2 is 1.39 bits per heavy atom. The molecule has 1 atom stereocenters. The molecule has 0 aromatic carbocycles. The lowest BCUT2D eigenvalue weighted by Crippen LogP contribution is -2.02. The third-order valence-corrected chi connectivity index (χ3v) is 3.52. The topological polar surface area (TPSA) is 37.3 Å². The summed E-state index contributed by atoms with van der Waals surface area (Å²) >= 11 is 0. The lowest BCUT2D eigenvalue weighted by molar-refractivity contribution is -0.137. The van der Waals surface area contributed by atoms with E-state index in [1.165, 1.54) is 25.7 Å². The van der Waals surface area contributed by atoms with E-state index in [0.29, 0.717) is 0 Å². The number of carboxylic acid groups (broad SMARTS) is 1. The Morgan fingerprint density at radius 3 is 1.91 bits per heavy atom. The number of unbranched alkanes of at least 4 members (excludes halogenated alkanes) is 3. The average molecular weight is 319 g/mol. The first kappa shape index (κ1) is 21.4. The molecule has 0 saturated heterocycles. The summed E-state index contributed by atoms with van der Waals surface area (Å²) < 4.78 is 0. The molecular formula is C21H34O2. The average Bonchev–Trinajstić information content (AvgIpc) is 2.50. The van der Waals surface area contributed by atoms with Crippen molar-refractivity contribution in [3.8, 4) is 0 Å². The molecule has 0 aromatic heterocycles. The fraction of sp³-hybridized carbons (Fsp3) is 0.571. The Bertz CT molecular complexity index is 389. The Hall–Kier alpha value is -1.57. The van der Waals surface area contributed by atoms with E-state index in [1.54, 1.807) is 0 Å². The van der Waals surface area contributed by atoms with E-state index in [2.05, 4.69) is 55.5 Å². The molecule has 2 nitrogen and oxygen atoms in total. The Labute approximate surface area is 142 Å². The van der Waals surface area contributed by atoms with Crippen LogP contribution >= 0.6 is 0 Å². The largest absolute Gasteiger partial charge is 0.481 e. The fourth-order valence-corrected chi connectivity index (χ4v) is 2.15. The van der Waals surface area contributed by atoms with Crippen molar-refractivity contribution in [3.63, 3.8) is 0 Å². The van der Waals surface area contributed by atoms with Crippen molar-refractivity contribution in [3.05, 3.63) is 48.6 Å². The minimum absolute atomic E-state index is 0.214. The fourth-order valence-electron chi connectivity index (χ4n) is 2.15. The molecule has 1 N–H and O–H groups in total. The molecule has 0 rings (SSSR count). The molecule has 0 amide bonds. The molecule has 0 fully saturated rings. The molecule has 0 spiro atoms. The van der Waals surface area contributed by atoms with E-state index in [4.69, 9.17) is 5.11 Å². The number of allylic oxidation sites excluding steroid dienone is 8. The predicted molar refractivity (Wildman–Crippen MR) is 101 cm³/mol. The van der Waals surface area contributed by atoms with Gasteiger partial charge in [0.15, 0.2) is 0 Å². The summed E-state index contributed by atoms with van der Waals surface area (Å²) in [5, 5.41) is 8.66. The van der Waals surface area contributed by atoms with Gasteiger partial charge in [0.05, 0.1) is 0 Å². The third kappa shape index (κ3) is 18.4. The van der Waals surface area contributed by atoms with E-state index in [0.717, 1.165) is 25.7 Å². The highest BCUT2D eigenvalue weighted by Gasteiger charge is 2.04. The van der Waals surface area contributed by atoms with Gasteiger partial charge in [0.25, 0.3) is 0 Å². The summed E-state index contributed by atoms with van der Waals surface area (Å²) in [6, 6.07) is 0. The highest BCUT2D eigenvalue weighted by atomic mass is 16.4. The van der Waals surface area contributed by atoms with Crippen molar-refractivity contribution >= 4 is 5.97 Å². The lowest BCUT2D eigenvalue weighted by atomic mass is 10.0. The van der Waals surface area contributed by atoms with Gasteiger partial charge >= 0.3 is 5.97 Å². The van der Waals surface area contributed by atoms with Gasteiger partial charge in [0, 0.05) is 6.42 Å². The Balaban J connectivity index is 3.52. The standard InChI is InChI=1S/C21H34O2/c1-3-4-5-6-7-8-9-10-11-12-13-14-15-16-17-18-20(2)19-21(22)23/h7-8,10-11,13-14,16-17,20H,3-6,9,12,15,18-19H2,1-2H3,(H,22,23). The summed E-state index contributed by atoms with van der Waals surface area (Å²) in [4.78, 5) is 10.5. The van der Waals surface area contributed by atoms with Crippen LogP contribution in [0.5, 0.6) is 0 Å². The van der Waals surface area contributed by atoms with Crippen LogP contribution in [0.2, 0.25) is 0 Å². The highest BCUT2D eigenvalue weighted by molar-refractivity contribution is 5.66. The molecule has 2 heteroatoms. The van der Waals surface area contributed by atoms with E-state index in [9.17, 15) is 4.79 Å². The number of rotatable bonds is 14. The molecule has 0 aliphatic rings. The van der Waals surface area contributed by atoms with Gasteiger partial charge in [-0.25, -0.2) is 0 Å². The monoisotopic (exact) mass is 318 g/mol. The molecule has 0 aliphatic carbocycles. The van der Waals surface area contributed by atoms with Gasteiger partial charge in [-0.3, -0.25) is 4.79 Å². The molecule has 0 heterocycles. The Morgan fingerprint density at radius 1 is 0.870 bits per heavy atom. The minimum atomic E-state index is -0.714. The maximum absolute atomic E-state index is 10.5. The van der Waals surface area contributed by atoms with Crippen LogP contribution in [0.1, 0.15) is 71.6 Å². The first-order chi connectivity index (χ1) is 11.2. The van der Waals surface area contributed by atoms with Crippen LogP contribution in [0.3, 0.4) is 0 Å². The summed E-state index contributed by atoms with van der Waals surface area (Å²) in [5.41, 5.74) is 0. The molecular weight excluding hydrogens is 284 g/mol. The molecule has 0 aromatic rings. The second-order valence-corrected chi connectivity index (χ2v) is 6.03. The van der Waals surface area contributed by atoms with Crippen molar-refractivity contribution in [1.82, 2.24) is 0 Å². The molecule has 0 aliphatic heterocycles. The normalized spacial score (nSPS) is 13.8. The van der Waals surface area contributed by atoms with Crippen molar-refractivity contribution in [2.75, 3.05) is 0 Å². The smallest absolute Gasteiger partial charge is 0.303 e. The second kappa shape index (κ2) is 16.8. The Kier molecular flexibility index (Phi) is 15.6. The maximum atomic E-state index is 10.5. The van der Waals surface area contributed by atoms with Gasteiger partial charge in [-0.1, -0.05) is 75.3 Å². The number of hydrogen-bond donors (Lipinski definition) is 1. The van der Waals surface area contributed by atoms with Gasteiger partial charge in [-0.2, -0.15) is 0 Å². The lowest BCUT2D eigenvalue weighted by Gasteiger charge is -2.02. The van der Waals surface area contributed by atoms with Gasteiger partial charge < -0.3 is 5.11 Å². The van der Waals surface area contributed by atoms with E-state index < -0.39 is 5.97 Å². The van der Waals surface area contributed by atoms with E-state index >= 15 is 0 Å². The number of carboxylic acids is 1. The van der Waals surface area contributed by atoms with Crippen LogP contribution in [0.15, 0.2) is 48.6 Å². The molecule has 0 radical (unpaired) electrons. The summed E-state index contributed by atoms with van der Waals surface area (Å²) in [7, 11) is 0. The highest BCUT2D eigenvalue weighted by Crippen LogP contribution is 2.08. The van der Waals surface area contributed by atoms with Crippen LogP contribution in [0, 0.1) is 5.92 Å².